The van der Waals surface area contributed by atoms with Crippen molar-refractivity contribution in [2.24, 2.45) is 0 Å². The Morgan fingerprint density at radius 3 is 2.52 bits per heavy atom. The van der Waals surface area contributed by atoms with E-state index in [1.54, 1.807) is 18.2 Å². The van der Waals surface area contributed by atoms with Crippen molar-refractivity contribution in [2.75, 3.05) is 6.61 Å². The second-order valence-electron chi connectivity index (χ2n) is 5.93. The van der Waals surface area contributed by atoms with Gasteiger partial charge in [0, 0.05) is 21.3 Å². The van der Waals surface area contributed by atoms with Crippen LogP contribution in [0.4, 0.5) is 10.5 Å². The third-order valence-corrected chi connectivity index (χ3v) is 6.31. The third-order valence-electron chi connectivity index (χ3n) is 3.97. The summed E-state index contributed by atoms with van der Waals surface area (Å²) in [5, 5.41) is 10.4. The molecule has 0 bridgehead atoms. The molecule has 0 N–H and O–H groups in total. The number of amides is 2. The highest BCUT2D eigenvalue weighted by Crippen LogP contribution is 2.37. The first-order valence-electron chi connectivity index (χ1n) is 8.40. The molecule has 7 nitrogen and oxygen atoms in total. The molecule has 0 atom stereocenters. The Balaban J connectivity index is 1.86. The summed E-state index contributed by atoms with van der Waals surface area (Å²) >= 11 is 5.25. The van der Waals surface area contributed by atoms with Gasteiger partial charge < -0.3 is 4.74 Å². The summed E-state index contributed by atoms with van der Waals surface area (Å²) in [6.07, 6.45) is 1.68. The normalized spacial score (nSPS) is 15.3. The zero-order valence-electron chi connectivity index (χ0n) is 15.1. The topological polar surface area (TPSA) is 89.8 Å². The lowest BCUT2D eigenvalue weighted by molar-refractivity contribution is -0.384. The quantitative estimate of drug-likeness (QED) is 0.182. The fourth-order valence-corrected chi connectivity index (χ4v) is 5.54. The lowest BCUT2D eigenvalue weighted by Crippen LogP contribution is -2.27. The van der Waals surface area contributed by atoms with E-state index in [0.29, 0.717) is 22.8 Å². The fraction of sp³-hybridized carbons (Fsp3) is 0.158. The Bertz CT molecular complexity index is 1020. The highest BCUT2D eigenvalue weighted by Gasteiger charge is 2.35. The number of hydrogen-bond donors (Lipinski definition) is 0. The molecule has 0 radical (unpaired) electrons. The number of nitro groups is 1. The Morgan fingerprint density at radius 1 is 1.21 bits per heavy atom. The Kier molecular flexibility index (Phi) is 7.16. The molecule has 10 heteroatoms. The summed E-state index contributed by atoms with van der Waals surface area (Å²) in [5.41, 5.74) is 1.33. The molecule has 29 heavy (non-hydrogen) atoms. The highest BCUT2D eigenvalue weighted by molar-refractivity contribution is 14.1. The van der Waals surface area contributed by atoms with Crippen molar-refractivity contribution in [3.05, 3.63) is 69.7 Å². The molecule has 0 saturated carbocycles. The van der Waals surface area contributed by atoms with Crippen molar-refractivity contribution in [3.63, 3.8) is 0 Å². The van der Waals surface area contributed by atoms with Crippen LogP contribution in [0.25, 0.3) is 6.08 Å². The molecule has 1 saturated heterocycles. The number of imide groups is 1. The van der Waals surface area contributed by atoms with E-state index < -0.39 is 10.8 Å². The minimum absolute atomic E-state index is 0.0421. The summed E-state index contributed by atoms with van der Waals surface area (Å²) < 4.78 is 7.63. The van der Waals surface area contributed by atoms with Gasteiger partial charge in [0.15, 0.2) is 0 Å². The van der Waals surface area contributed by atoms with Gasteiger partial charge in [0.25, 0.3) is 16.8 Å². The van der Waals surface area contributed by atoms with Gasteiger partial charge in [-0.05, 0) is 87.6 Å². The molecule has 0 aromatic heterocycles. The maximum atomic E-state index is 12.8. The standard InChI is InChI=1S/C19H14I2N2O5S/c1-2-28-17-12(7-13(20)9-15(17)21)8-16-18(24)22(19(25)29-16)10-11-3-5-14(6-4-11)23(26)27/h3-9H,2,10H2,1H3/b16-8-. The second kappa shape index (κ2) is 9.43. The van der Waals surface area contributed by atoms with Crippen molar-refractivity contribution < 1.29 is 19.2 Å². The minimum atomic E-state index is -0.495. The molecule has 0 unspecified atom stereocenters. The van der Waals surface area contributed by atoms with Gasteiger partial charge in [0.2, 0.25) is 0 Å². The number of hydrogen-bond acceptors (Lipinski definition) is 6. The number of thioether (sulfide) groups is 1. The number of rotatable bonds is 6. The molecule has 0 spiro atoms. The van der Waals surface area contributed by atoms with Crippen molar-refractivity contribution >= 4 is 79.9 Å². The highest BCUT2D eigenvalue weighted by atomic mass is 127. The fourth-order valence-electron chi connectivity index (χ4n) is 2.67. The zero-order chi connectivity index (χ0) is 21.1. The molecule has 1 aliphatic rings. The van der Waals surface area contributed by atoms with Crippen LogP contribution in [-0.4, -0.2) is 27.6 Å². The maximum absolute atomic E-state index is 12.8. The van der Waals surface area contributed by atoms with Crippen LogP contribution in [0.1, 0.15) is 18.1 Å². The van der Waals surface area contributed by atoms with Crippen LogP contribution in [0.2, 0.25) is 0 Å². The molecule has 150 valence electrons. The lowest BCUT2D eigenvalue weighted by Gasteiger charge is -2.13. The Labute approximate surface area is 198 Å². The van der Waals surface area contributed by atoms with Crippen LogP contribution < -0.4 is 4.74 Å². The van der Waals surface area contributed by atoms with Gasteiger partial charge in [0.1, 0.15) is 5.75 Å². The van der Waals surface area contributed by atoms with Gasteiger partial charge in [-0.2, -0.15) is 0 Å². The number of halogens is 2. The van der Waals surface area contributed by atoms with Gasteiger partial charge in [0.05, 0.1) is 26.6 Å². The van der Waals surface area contributed by atoms with Crippen LogP contribution >= 0.6 is 56.9 Å². The van der Waals surface area contributed by atoms with E-state index in [-0.39, 0.29) is 17.5 Å². The molecule has 2 amide bonds. The van der Waals surface area contributed by atoms with Gasteiger partial charge in [-0.3, -0.25) is 24.6 Å². The summed E-state index contributed by atoms with van der Waals surface area (Å²) in [7, 11) is 0. The Hall–Kier alpha value is -1.67. The van der Waals surface area contributed by atoms with E-state index in [9.17, 15) is 19.7 Å². The van der Waals surface area contributed by atoms with Crippen LogP contribution in [0.3, 0.4) is 0 Å². The SMILES string of the molecule is CCOc1c(I)cc(I)cc1/C=C1\SC(=O)N(Cc2ccc([N+](=O)[O-])cc2)C1=O. The molecule has 1 heterocycles. The second-order valence-corrected chi connectivity index (χ2v) is 9.33. The van der Waals surface area contributed by atoms with Gasteiger partial charge in [-0.15, -0.1) is 0 Å². The molecule has 2 aromatic carbocycles. The van der Waals surface area contributed by atoms with Crippen molar-refractivity contribution in [1.29, 1.82) is 0 Å². The summed E-state index contributed by atoms with van der Waals surface area (Å²) in [4.78, 5) is 36.9. The van der Waals surface area contributed by atoms with E-state index in [0.717, 1.165) is 29.4 Å². The first-order valence-corrected chi connectivity index (χ1v) is 11.4. The van der Waals surface area contributed by atoms with E-state index in [2.05, 4.69) is 45.2 Å². The number of carbonyl (C=O) groups excluding carboxylic acids is 2. The maximum Gasteiger partial charge on any atom is 0.293 e. The predicted molar refractivity (Wildman–Crippen MR) is 128 cm³/mol. The van der Waals surface area contributed by atoms with Crippen LogP contribution in [0.15, 0.2) is 41.3 Å². The molecule has 1 fully saturated rings. The smallest absolute Gasteiger partial charge is 0.293 e. The largest absolute Gasteiger partial charge is 0.492 e. The number of nitro benzene ring substituents is 1. The lowest BCUT2D eigenvalue weighted by atomic mass is 10.1. The molecule has 3 rings (SSSR count). The van der Waals surface area contributed by atoms with Crippen LogP contribution in [0.5, 0.6) is 5.75 Å². The Morgan fingerprint density at radius 2 is 1.90 bits per heavy atom. The summed E-state index contributed by atoms with van der Waals surface area (Å²) in [6, 6.07) is 9.67. The zero-order valence-corrected chi connectivity index (χ0v) is 20.2. The molecule has 1 aliphatic heterocycles. The van der Waals surface area contributed by atoms with Gasteiger partial charge in [-0.1, -0.05) is 12.1 Å². The van der Waals surface area contributed by atoms with E-state index in [1.165, 1.54) is 12.1 Å². The number of benzene rings is 2. The molecule has 2 aromatic rings. The van der Waals surface area contributed by atoms with E-state index in [1.807, 2.05) is 19.1 Å². The number of non-ortho nitro benzene ring substituents is 1. The van der Waals surface area contributed by atoms with E-state index in [4.69, 9.17) is 4.74 Å². The van der Waals surface area contributed by atoms with Gasteiger partial charge >= 0.3 is 0 Å². The van der Waals surface area contributed by atoms with Crippen LogP contribution in [-0.2, 0) is 11.3 Å². The van der Waals surface area contributed by atoms with Gasteiger partial charge in [-0.25, -0.2) is 0 Å². The average Bonchev–Trinajstić information content (AvgIpc) is 2.92. The van der Waals surface area contributed by atoms with Crippen molar-refractivity contribution in [2.45, 2.75) is 13.5 Å². The number of nitrogens with zero attached hydrogens (tertiary/aromatic N) is 2. The van der Waals surface area contributed by atoms with Crippen LogP contribution in [0, 0.1) is 17.3 Å². The summed E-state index contributed by atoms with van der Waals surface area (Å²) in [5.74, 6) is 0.283. The number of carbonyl (C=O) groups is 2. The third kappa shape index (κ3) is 5.09. The molecular weight excluding hydrogens is 622 g/mol. The number of ether oxygens (including phenoxy) is 1. The summed E-state index contributed by atoms with van der Waals surface area (Å²) in [6.45, 7) is 2.43. The van der Waals surface area contributed by atoms with Crippen molar-refractivity contribution in [1.82, 2.24) is 4.90 Å². The first-order chi connectivity index (χ1) is 13.8. The first kappa shape index (κ1) is 22.0. The van der Waals surface area contributed by atoms with Crippen molar-refractivity contribution in [3.8, 4) is 5.75 Å². The predicted octanol–water partition coefficient (Wildman–Crippen LogP) is 5.44. The molecular formula is C19H14I2N2O5S. The average molecular weight is 636 g/mol. The minimum Gasteiger partial charge on any atom is -0.492 e. The monoisotopic (exact) mass is 636 g/mol. The van der Waals surface area contributed by atoms with E-state index >= 15 is 0 Å². The molecule has 0 aliphatic carbocycles.